The van der Waals surface area contributed by atoms with Crippen LogP contribution in [-0.4, -0.2) is 12.2 Å². The second kappa shape index (κ2) is 3.30. The number of benzene rings is 1. The van der Waals surface area contributed by atoms with Crippen molar-refractivity contribution in [1.82, 2.24) is 0 Å². The molecule has 1 aromatic carbocycles. The first-order valence-electron chi connectivity index (χ1n) is 3.68. The third-order valence-electron chi connectivity index (χ3n) is 1.67. The Morgan fingerprint density at radius 1 is 1.50 bits per heavy atom. The molecule has 1 aromatic rings. The predicted octanol–water partition coefficient (Wildman–Crippen LogP) is 2.53. The third-order valence-corrected chi connectivity index (χ3v) is 1.67. The SMILES string of the molecule is C=C(O)c1ccc(C)cc1OC. The highest BCUT2D eigenvalue weighted by Gasteiger charge is 2.04. The molecule has 0 atom stereocenters. The van der Waals surface area contributed by atoms with E-state index in [-0.39, 0.29) is 5.76 Å². The normalized spacial score (nSPS) is 9.50. The van der Waals surface area contributed by atoms with Crippen LogP contribution in [0, 0.1) is 6.92 Å². The lowest BCUT2D eigenvalue weighted by Crippen LogP contribution is -1.90. The van der Waals surface area contributed by atoms with Gasteiger partial charge in [0.1, 0.15) is 11.5 Å². The van der Waals surface area contributed by atoms with E-state index in [9.17, 15) is 0 Å². The first kappa shape index (κ1) is 8.65. The second-order valence-electron chi connectivity index (χ2n) is 2.65. The number of methoxy groups -OCH3 is 1. The molecule has 2 nitrogen and oxygen atoms in total. The Morgan fingerprint density at radius 3 is 2.67 bits per heavy atom. The van der Waals surface area contributed by atoms with Gasteiger partial charge in [0.25, 0.3) is 0 Å². The Hall–Kier alpha value is -1.44. The maximum Gasteiger partial charge on any atom is 0.130 e. The first-order chi connectivity index (χ1) is 5.65. The largest absolute Gasteiger partial charge is 0.508 e. The van der Waals surface area contributed by atoms with E-state index >= 15 is 0 Å². The smallest absolute Gasteiger partial charge is 0.130 e. The highest BCUT2D eigenvalue weighted by Crippen LogP contribution is 2.24. The van der Waals surface area contributed by atoms with Gasteiger partial charge in [-0.1, -0.05) is 12.6 Å². The number of rotatable bonds is 2. The molecule has 0 heterocycles. The summed E-state index contributed by atoms with van der Waals surface area (Å²) in [5.74, 6) is 0.689. The highest BCUT2D eigenvalue weighted by molar-refractivity contribution is 5.63. The quantitative estimate of drug-likeness (QED) is 0.680. The molecule has 0 unspecified atom stereocenters. The Labute approximate surface area is 72.1 Å². The molecule has 0 fully saturated rings. The summed E-state index contributed by atoms with van der Waals surface area (Å²) in [6, 6.07) is 5.55. The molecule has 0 bridgehead atoms. The van der Waals surface area contributed by atoms with Crippen LogP contribution < -0.4 is 4.74 Å². The molecule has 0 radical (unpaired) electrons. The monoisotopic (exact) mass is 164 g/mol. The number of aryl methyl sites for hydroxylation is 1. The fourth-order valence-electron chi connectivity index (χ4n) is 1.04. The van der Waals surface area contributed by atoms with Gasteiger partial charge in [-0.2, -0.15) is 0 Å². The molecule has 0 amide bonds. The fourth-order valence-corrected chi connectivity index (χ4v) is 1.04. The molecule has 12 heavy (non-hydrogen) atoms. The van der Waals surface area contributed by atoms with E-state index in [1.54, 1.807) is 13.2 Å². The topological polar surface area (TPSA) is 29.5 Å². The maximum absolute atomic E-state index is 9.15. The van der Waals surface area contributed by atoms with E-state index in [4.69, 9.17) is 9.84 Å². The zero-order valence-electron chi connectivity index (χ0n) is 7.29. The standard InChI is InChI=1S/C10H12O2/c1-7-4-5-9(8(2)11)10(6-7)12-3/h4-6,11H,2H2,1,3H3. The van der Waals surface area contributed by atoms with Gasteiger partial charge in [0.05, 0.1) is 12.7 Å². The van der Waals surface area contributed by atoms with Crippen LogP contribution in [0.3, 0.4) is 0 Å². The molecule has 0 aromatic heterocycles. The van der Waals surface area contributed by atoms with Gasteiger partial charge in [0.15, 0.2) is 0 Å². The summed E-state index contributed by atoms with van der Waals surface area (Å²) in [5, 5.41) is 9.15. The van der Waals surface area contributed by atoms with Crippen LogP contribution in [0.1, 0.15) is 11.1 Å². The van der Waals surface area contributed by atoms with Crippen LogP contribution in [0.5, 0.6) is 5.75 Å². The van der Waals surface area contributed by atoms with Crippen molar-refractivity contribution < 1.29 is 9.84 Å². The summed E-state index contributed by atoms with van der Waals surface area (Å²) >= 11 is 0. The molecule has 0 saturated heterocycles. The molecule has 0 aliphatic heterocycles. The Bertz CT molecular complexity index is 303. The van der Waals surface area contributed by atoms with E-state index in [2.05, 4.69) is 6.58 Å². The van der Waals surface area contributed by atoms with Gasteiger partial charge in [-0.25, -0.2) is 0 Å². The van der Waals surface area contributed by atoms with Crippen molar-refractivity contribution in [2.75, 3.05) is 7.11 Å². The van der Waals surface area contributed by atoms with Crippen molar-refractivity contribution in [1.29, 1.82) is 0 Å². The molecule has 1 rings (SSSR count). The highest BCUT2D eigenvalue weighted by atomic mass is 16.5. The van der Waals surface area contributed by atoms with Crippen LogP contribution in [0.15, 0.2) is 24.8 Å². The van der Waals surface area contributed by atoms with Crippen molar-refractivity contribution in [3.63, 3.8) is 0 Å². The zero-order chi connectivity index (χ0) is 9.14. The number of aliphatic hydroxyl groups excluding tert-OH is 1. The molecule has 0 aliphatic carbocycles. The minimum Gasteiger partial charge on any atom is -0.508 e. The fraction of sp³-hybridized carbons (Fsp3) is 0.200. The Morgan fingerprint density at radius 2 is 2.17 bits per heavy atom. The van der Waals surface area contributed by atoms with Crippen molar-refractivity contribution in [3.05, 3.63) is 35.9 Å². The lowest BCUT2D eigenvalue weighted by Gasteiger charge is -2.07. The van der Waals surface area contributed by atoms with Gasteiger partial charge < -0.3 is 9.84 Å². The average molecular weight is 164 g/mol. The van der Waals surface area contributed by atoms with Crippen LogP contribution in [-0.2, 0) is 0 Å². The van der Waals surface area contributed by atoms with Crippen LogP contribution in [0.4, 0.5) is 0 Å². The third kappa shape index (κ3) is 1.59. The lowest BCUT2D eigenvalue weighted by atomic mass is 10.1. The molecular formula is C10H12O2. The van der Waals surface area contributed by atoms with Crippen molar-refractivity contribution >= 4 is 5.76 Å². The number of hydrogen-bond acceptors (Lipinski definition) is 2. The summed E-state index contributed by atoms with van der Waals surface area (Å²) in [6.07, 6.45) is 0. The summed E-state index contributed by atoms with van der Waals surface area (Å²) in [7, 11) is 1.57. The average Bonchev–Trinajstić information content (AvgIpc) is 2.03. The maximum atomic E-state index is 9.15. The number of ether oxygens (including phenoxy) is 1. The Kier molecular flexibility index (Phi) is 2.38. The van der Waals surface area contributed by atoms with Crippen LogP contribution in [0.2, 0.25) is 0 Å². The molecule has 64 valence electrons. The zero-order valence-corrected chi connectivity index (χ0v) is 7.29. The minimum atomic E-state index is 0.0341. The lowest BCUT2D eigenvalue weighted by molar-refractivity contribution is 0.408. The minimum absolute atomic E-state index is 0.0341. The number of aliphatic hydroxyl groups is 1. The van der Waals surface area contributed by atoms with Crippen LogP contribution >= 0.6 is 0 Å². The van der Waals surface area contributed by atoms with E-state index < -0.39 is 0 Å². The van der Waals surface area contributed by atoms with Gasteiger partial charge >= 0.3 is 0 Å². The summed E-state index contributed by atoms with van der Waals surface area (Å²) in [6.45, 7) is 5.40. The predicted molar refractivity (Wildman–Crippen MR) is 49.4 cm³/mol. The van der Waals surface area contributed by atoms with Crippen molar-refractivity contribution in [2.24, 2.45) is 0 Å². The Balaban J connectivity index is 3.20. The molecule has 0 spiro atoms. The molecule has 0 saturated carbocycles. The van der Waals surface area contributed by atoms with Crippen molar-refractivity contribution in [2.45, 2.75) is 6.92 Å². The van der Waals surface area contributed by atoms with Crippen LogP contribution in [0.25, 0.3) is 5.76 Å². The van der Waals surface area contributed by atoms with Gasteiger partial charge in [0, 0.05) is 0 Å². The molecule has 0 aliphatic rings. The summed E-state index contributed by atoms with van der Waals surface area (Å²) in [5.41, 5.74) is 1.74. The number of hydrogen-bond donors (Lipinski definition) is 1. The second-order valence-corrected chi connectivity index (χ2v) is 2.65. The summed E-state index contributed by atoms with van der Waals surface area (Å²) < 4.78 is 5.07. The van der Waals surface area contributed by atoms with E-state index in [0.717, 1.165) is 5.56 Å². The van der Waals surface area contributed by atoms with Gasteiger partial charge in [-0.3, -0.25) is 0 Å². The van der Waals surface area contributed by atoms with Crippen molar-refractivity contribution in [3.8, 4) is 5.75 Å². The van der Waals surface area contributed by atoms with E-state index in [1.807, 2.05) is 19.1 Å². The van der Waals surface area contributed by atoms with Gasteiger partial charge in [-0.05, 0) is 24.6 Å². The molecule has 2 heteroatoms. The van der Waals surface area contributed by atoms with Gasteiger partial charge in [-0.15, -0.1) is 0 Å². The molecule has 1 N–H and O–H groups in total. The van der Waals surface area contributed by atoms with Gasteiger partial charge in [0.2, 0.25) is 0 Å². The summed E-state index contributed by atoms with van der Waals surface area (Å²) in [4.78, 5) is 0. The van der Waals surface area contributed by atoms with E-state index in [1.165, 1.54) is 0 Å². The first-order valence-corrected chi connectivity index (χ1v) is 3.68. The molecular weight excluding hydrogens is 152 g/mol. The van der Waals surface area contributed by atoms with E-state index in [0.29, 0.717) is 11.3 Å².